The van der Waals surface area contributed by atoms with Gasteiger partial charge in [-0.2, -0.15) is 0 Å². The Hall–Kier alpha value is -2.40. The van der Waals surface area contributed by atoms with E-state index >= 15 is 0 Å². The number of carbonyl (C=O) groups is 1. The van der Waals surface area contributed by atoms with Gasteiger partial charge in [0.1, 0.15) is 9.71 Å². The van der Waals surface area contributed by atoms with Crippen LogP contribution in [0.2, 0.25) is 0 Å². The summed E-state index contributed by atoms with van der Waals surface area (Å²) in [6.07, 6.45) is 6.43. The Balaban J connectivity index is 1.51. The van der Waals surface area contributed by atoms with E-state index in [2.05, 4.69) is 32.9 Å². The van der Waals surface area contributed by atoms with Crippen LogP contribution >= 0.6 is 11.3 Å². The number of amides is 1. The fourth-order valence-corrected chi connectivity index (χ4v) is 6.22. The second kappa shape index (κ2) is 7.63. The zero-order valence-corrected chi connectivity index (χ0v) is 19.5. The molecule has 1 aliphatic carbocycles. The highest BCUT2D eigenvalue weighted by Crippen LogP contribution is 2.42. The predicted molar refractivity (Wildman–Crippen MR) is 130 cm³/mol. The molecule has 5 rings (SSSR count). The van der Waals surface area contributed by atoms with E-state index in [1.807, 2.05) is 23.1 Å². The van der Waals surface area contributed by atoms with Gasteiger partial charge >= 0.3 is 0 Å². The summed E-state index contributed by atoms with van der Waals surface area (Å²) < 4.78 is 0. The van der Waals surface area contributed by atoms with Crippen LogP contribution in [-0.2, 0) is 19.3 Å². The number of hydrogen-bond donors (Lipinski definition) is 1. The van der Waals surface area contributed by atoms with Gasteiger partial charge in [-0.05, 0) is 66.7 Å². The lowest BCUT2D eigenvalue weighted by Gasteiger charge is -2.36. The summed E-state index contributed by atoms with van der Waals surface area (Å²) in [5, 5.41) is 0.951. The van der Waals surface area contributed by atoms with Crippen molar-refractivity contribution in [1.82, 2.24) is 4.98 Å². The Kier molecular flexibility index (Phi) is 5.04. The zero-order valence-electron chi connectivity index (χ0n) is 18.7. The van der Waals surface area contributed by atoms with E-state index in [-0.39, 0.29) is 5.91 Å². The van der Waals surface area contributed by atoms with Crippen LogP contribution in [-0.4, -0.2) is 17.4 Å². The first kappa shape index (κ1) is 20.5. The van der Waals surface area contributed by atoms with E-state index in [0.717, 1.165) is 48.1 Å². The fourth-order valence-electron chi connectivity index (χ4n) is 5.17. The molecule has 1 amide bonds. The van der Waals surface area contributed by atoms with Gasteiger partial charge in [-0.25, -0.2) is 4.98 Å². The van der Waals surface area contributed by atoms with Crippen molar-refractivity contribution >= 4 is 38.8 Å². The molecule has 3 aromatic rings. The molecule has 0 saturated heterocycles. The van der Waals surface area contributed by atoms with Crippen LogP contribution in [0.4, 0.5) is 11.4 Å². The lowest BCUT2D eigenvalue weighted by atomic mass is 9.69. The summed E-state index contributed by atoms with van der Waals surface area (Å²) in [7, 11) is 0. The average Bonchev–Trinajstić information content (AvgIpc) is 3.11. The maximum Gasteiger partial charge on any atom is 0.270 e. The van der Waals surface area contributed by atoms with Crippen LogP contribution < -0.4 is 10.6 Å². The summed E-state index contributed by atoms with van der Waals surface area (Å²) in [5.74, 6) is 0.672. The van der Waals surface area contributed by atoms with Crippen molar-refractivity contribution in [3.05, 3.63) is 52.0 Å². The largest absolute Gasteiger partial charge is 0.397 e. The highest BCUT2D eigenvalue weighted by Gasteiger charge is 2.33. The van der Waals surface area contributed by atoms with E-state index in [4.69, 9.17) is 10.7 Å². The maximum absolute atomic E-state index is 13.5. The normalized spacial score (nSPS) is 18.7. The third kappa shape index (κ3) is 3.43. The number of aromatic nitrogens is 1. The Labute approximate surface area is 188 Å². The van der Waals surface area contributed by atoms with Crippen LogP contribution in [0.1, 0.15) is 66.5 Å². The highest BCUT2D eigenvalue weighted by atomic mass is 32.1. The number of anilines is 2. The minimum absolute atomic E-state index is 0.00983. The van der Waals surface area contributed by atoms with Gasteiger partial charge in [0.05, 0.1) is 5.69 Å². The molecule has 0 spiro atoms. The van der Waals surface area contributed by atoms with E-state index < -0.39 is 0 Å². The maximum atomic E-state index is 13.5. The molecule has 2 N–H and O–H groups in total. The van der Waals surface area contributed by atoms with Crippen molar-refractivity contribution in [2.45, 2.75) is 59.3 Å². The van der Waals surface area contributed by atoms with Crippen molar-refractivity contribution in [3.63, 3.8) is 0 Å². The summed E-state index contributed by atoms with van der Waals surface area (Å²) in [6, 6.07) is 10.4. The molecule has 2 aliphatic rings. The topological polar surface area (TPSA) is 59.2 Å². The minimum Gasteiger partial charge on any atom is -0.397 e. The highest BCUT2D eigenvalue weighted by molar-refractivity contribution is 7.21. The van der Waals surface area contributed by atoms with E-state index in [9.17, 15) is 4.79 Å². The number of hydrogen-bond acceptors (Lipinski definition) is 4. The molecule has 0 saturated carbocycles. The van der Waals surface area contributed by atoms with Crippen LogP contribution in [0.5, 0.6) is 0 Å². The number of nitrogen functional groups attached to an aromatic ring is 1. The Morgan fingerprint density at radius 3 is 2.87 bits per heavy atom. The monoisotopic (exact) mass is 433 g/mol. The number of rotatable bonds is 3. The van der Waals surface area contributed by atoms with Gasteiger partial charge in [-0.15, -0.1) is 11.3 Å². The first-order chi connectivity index (χ1) is 14.9. The number of aryl methyl sites for hydroxylation is 2. The quantitative estimate of drug-likeness (QED) is 0.550. The summed E-state index contributed by atoms with van der Waals surface area (Å²) in [4.78, 5) is 21.9. The van der Waals surface area contributed by atoms with Gasteiger partial charge < -0.3 is 10.6 Å². The zero-order chi connectivity index (χ0) is 21.8. The molecule has 2 aromatic heterocycles. The molecule has 5 heteroatoms. The molecule has 1 atom stereocenters. The van der Waals surface area contributed by atoms with Crippen LogP contribution in [0.15, 0.2) is 30.3 Å². The van der Waals surface area contributed by atoms with Crippen LogP contribution in [0.3, 0.4) is 0 Å². The SMILES string of the molecule is CCC(C)(C)C1CCc2nc3sc(C(=O)N4CCCc5ccccc54)c(N)c3cc2C1. The Bertz CT molecular complexity index is 1160. The molecule has 1 unspecified atom stereocenters. The molecule has 31 heavy (non-hydrogen) atoms. The predicted octanol–water partition coefficient (Wildman–Crippen LogP) is 6.01. The number of thiophene rings is 1. The molecule has 1 aliphatic heterocycles. The number of nitrogens with two attached hydrogens (primary N) is 1. The minimum atomic E-state index is 0.00983. The molecule has 0 bridgehead atoms. The van der Waals surface area contributed by atoms with E-state index in [1.165, 1.54) is 41.0 Å². The molecule has 162 valence electrons. The van der Waals surface area contributed by atoms with Crippen molar-refractivity contribution < 1.29 is 4.79 Å². The molecule has 0 fully saturated rings. The number of fused-ring (bicyclic) bond motifs is 3. The number of carbonyl (C=O) groups excluding carboxylic acids is 1. The van der Waals surface area contributed by atoms with Gasteiger partial charge in [0.25, 0.3) is 5.91 Å². The molecule has 3 heterocycles. The molecular formula is C26H31N3OS. The van der Waals surface area contributed by atoms with Crippen molar-refractivity contribution in [3.8, 4) is 0 Å². The standard InChI is InChI=1S/C26H31N3OS/c1-4-26(2,3)18-11-12-20-17(14-18)15-19-22(27)23(31-24(19)28-20)25(30)29-13-7-9-16-8-5-6-10-21(16)29/h5-6,8,10,15,18H,4,7,9,11-14,27H2,1-3H3. The fraction of sp³-hybridized carbons (Fsp3) is 0.462. The summed E-state index contributed by atoms with van der Waals surface area (Å²) >= 11 is 1.46. The summed E-state index contributed by atoms with van der Waals surface area (Å²) in [5.41, 5.74) is 12.3. The van der Waals surface area contributed by atoms with Crippen molar-refractivity contribution in [2.75, 3.05) is 17.2 Å². The van der Waals surface area contributed by atoms with Crippen LogP contribution in [0, 0.1) is 11.3 Å². The lowest BCUT2D eigenvalue weighted by Crippen LogP contribution is -2.35. The molecule has 4 nitrogen and oxygen atoms in total. The van der Waals surface area contributed by atoms with Crippen molar-refractivity contribution in [1.29, 1.82) is 0 Å². The third-order valence-electron chi connectivity index (χ3n) is 7.65. The van der Waals surface area contributed by atoms with Gasteiger partial charge in [-0.1, -0.05) is 45.4 Å². The molecule has 0 radical (unpaired) electrons. The average molecular weight is 434 g/mol. The third-order valence-corrected chi connectivity index (χ3v) is 8.75. The number of para-hydroxylation sites is 1. The Morgan fingerprint density at radius 2 is 2.06 bits per heavy atom. The van der Waals surface area contributed by atoms with Crippen molar-refractivity contribution in [2.24, 2.45) is 11.3 Å². The second-order valence-corrected chi connectivity index (χ2v) is 10.8. The number of nitrogens with zero attached hydrogens (tertiary/aromatic N) is 2. The van der Waals surface area contributed by atoms with E-state index in [0.29, 0.717) is 21.9 Å². The summed E-state index contributed by atoms with van der Waals surface area (Å²) in [6.45, 7) is 7.77. The van der Waals surface area contributed by atoms with Crippen LogP contribution in [0.25, 0.3) is 10.2 Å². The first-order valence-corrected chi connectivity index (χ1v) is 12.3. The molecular weight excluding hydrogens is 402 g/mol. The van der Waals surface area contributed by atoms with E-state index in [1.54, 1.807) is 0 Å². The Morgan fingerprint density at radius 1 is 1.26 bits per heavy atom. The lowest BCUT2D eigenvalue weighted by molar-refractivity contribution is 0.0990. The molecule has 1 aromatic carbocycles. The van der Waals surface area contributed by atoms with Gasteiger partial charge in [0.2, 0.25) is 0 Å². The van der Waals surface area contributed by atoms with Gasteiger partial charge in [-0.3, -0.25) is 4.79 Å². The van der Waals surface area contributed by atoms with Gasteiger partial charge in [0, 0.05) is 23.3 Å². The van der Waals surface area contributed by atoms with Gasteiger partial charge in [0.15, 0.2) is 0 Å². The number of benzene rings is 1. The number of pyridine rings is 1. The second-order valence-electron chi connectivity index (χ2n) is 9.76. The first-order valence-electron chi connectivity index (χ1n) is 11.5. The smallest absolute Gasteiger partial charge is 0.270 e.